The summed E-state index contributed by atoms with van der Waals surface area (Å²) >= 11 is 0. The maximum absolute atomic E-state index is 13.6. The Morgan fingerprint density at radius 1 is 1.35 bits per heavy atom. The van der Waals surface area contributed by atoms with Gasteiger partial charge in [0.05, 0.1) is 0 Å². The quantitative estimate of drug-likeness (QED) is 0.833. The predicted molar refractivity (Wildman–Crippen MR) is 65.7 cm³/mol. The molecule has 17 heavy (non-hydrogen) atoms. The van der Waals surface area contributed by atoms with Crippen molar-refractivity contribution in [3.05, 3.63) is 35.4 Å². The van der Waals surface area contributed by atoms with E-state index in [1.165, 1.54) is 12.1 Å². The van der Waals surface area contributed by atoms with Crippen molar-refractivity contribution in [1.29, 1.82) is 0 Å². The molecule has 0 heterocycles. The average Bonchev–Trinajstić information content (AvgIpc) is 2.19. The number of halogens is 2. The number of hydrogen-bond acceptors (Lipinski definition) is 2. The second-order valence-corrected chi connectivity index (χ2v) is 5.03. The Hall–Kier alpha value is -1.00. The van der Waals surface area contributed by atoms with Gasteiger partial charge in [0, 0.05) is 23.2 Å². The van der Waals surface area contributed by atoms with Gasteiger partial charge in [-0.05, 0) is 39.8 Å². The molecule has 0 aliphatic rings. The van der Waals surface area contributed by atoms with Gasteiger partial charge in [-0.3, -0.25) is 0 Å². The van der Waals surface area contributed by atoms with Gasteiger partial charge >= 0.3 is 0 Å². The summed E-state index contributed by atoms with van der Waals surface area (Å²) in [5.41, 5.74) is 6.10. The topological polar surface area (TPSA) is 38.0 Å². The standard InChI is InChI=1S/C13H20F2N2/c1-13(2,16)7-6-12(17-3)10-5-4-9(14)8-11(10)15/h4-5,8,12,17H,6-7,16H2,1-3H3. The van der Waals surface area contributed by atoms with Gasteiger partial charge in [0.25, 0.3) is 0 Å². The Balaban J connectivity index is 2.79. The molecule has 1 rings (SSSR count). The van der Waals surface area contributed by atoms with Crippen molar-refractivity contribution in [2.45, 2.75) is 38.3 Å². The zero-order chi connectivity index (χ0) is 13.1. The zero-order valence-electron chi connectivity index (χ0n) is 10.6. The number of benzene rings is 1. The number of nitrogens with one attached hydrogen (secondary N) is 1. The van der Waals surface area contributed by atoms with Crippen LogP contribution < -0.4 is 11.1 Å². The van der Waals surface area contributed by atoms with Crippen LogP contribution in [0.2, 0.25) is 0 Å². The maximum atomic E-state index is 13.6. The lowest BCUT2D eigenvalue weighted by Crippen LogP contribution is -2.33. The Morgan fingerprint density at radius 2 is 2.00 bits per heavy atom. The Labute approximate surface area is 101 Å². The highest BCUT2D eigenvalue weighted by Gasteiger charge is 2.18. The molecule has 0 saturated carbocycles. The monoisotopic (exact) mass is 242 g/mol. The van der Waals surface area contributed by atoms with Crippen LogP contribution in [0.5, 0.6) is 0 Å². The summed E-state index contributed by atoms with van der Waals surface area (Å²) in [4.78, 5) is 0. The summed E-state index contributed by atoms with van der Waals surface area (Å²) in [6.45, 7) is 3.86. The van der Waals surface area contributed by atoms with E-state index < -0.39 is 11.6 Å². The van der Waals surface area contributed by atoms with Crippen LogP contribution in [0.15, 0.2) is 18.2 Å². The van der Waals surface area contributed by atoms with Crippen LogP contribution in [0, 0.1) is 11.6 Å². The largest absolute Gasteiger partial charge is 0.326 e. The van der Waals surface area contributed by atoms with E-state index in [2.05, 4.69) is 5.32 Å². The van der Waals surface area contributed by atoms with Gasteiger partial charge in [0.15, 0.2) is 0 Å². The smallest absolute Gasteiger partial charge is 0.130 e. The third kappa shape index (κ3) is 4.40. The normalized spacial score (nSPS) is 13.8. The molecule has 0 saturated heterocycles. The van der Waals surface area contributed by atoms with Gasteiger partial charge in [-0.25, -0.2) is 8.78 Å². The van der Waals surface area contributed by atoms with Crippen molar-refractivity contribution in [2.24, 2.45) is 5.73 Å². The summed E-state index contributed by atoms with van der Waals surface area (Å²) in [5, 5.41) is 3.03. The number of rotatable bonds is 5. The van der Waals surface area contributed by atoms with E-state index in [9.17, 15) is 8.78 Å². The highest BCUT2D eigenvalue weighted by molar-refractivity contribution is 5.22. The van der Waals surface area contributed by atoms with Crippen LogP contribution in [0.3, 0.4) is 0 Å². The van der Waals surface area contributed by atoms with Gasteiger partial charge in [-0.2, -0.15) is 0 Å². The van der Waals surface area contributed by atoms with E-state index in [-0.39, 0.29) is 11.6 Å². The molecule has 0 radical (unpaired) electrons. The fourth-order valence-corrected chi connectivity index (χ4v) is 1.76. The molecule has 4 heteroatoms. The van der Waals surface area contributed by atoms with E-state index in [4.69, 9.17) is 5.73 Å². The molecule has 0 aliphatic carbocycles. The van der Waals surface area contributed by atoms with Crippen molar-refractivity contribution in [3.63, 3.8) is 0 Å². The molecule has 0 amide bonds. The van der Waals surface area contributed by atoms with E-state index in [1.807, 2.05) is 13.8 Å². The van der Waals surface area contributed by atoms with Gasteiger partial charge in [0.2, 0.25) is 0 Å². The summed E-state index contributed by atoms with van der Waals surface area (Å²) in [7, 11) is 1.76. The summed E-state index contributed by atoms with van der Waals surface area (Å²) in [6.07, 6.45) is 1.47. The first kappa shape index (κ1) is 14.1. The number of hydrogen-bond donors (Lipinski definition) is 2. The Kier molecular flexibility index (Phi) is 4.60. The van der Waals surface area contributed by atoms with E-state index in [1.54, 1.807) is 7.05 Å². The van der Waals surface area contributed by atoms with Crippen molar-refractivity contribution in [2.75, 3.05) is 7.05 Å². The van der Waals surface area contributed by atoms with Crippen LogP contribution in [-0.4, -0.2) is 12.6 Å². The van der Waals surface area contributed by atoms with Crippen LogP contribution >= 0.6 is 0 Å². The fourth-order valence-electron chi connectivity index (χ4n) is 1.76. The summed E-state index contributed by atoms with van der Waals surface area (Å²) < 4.78 is 26.4. The fraction of sp³-hybridized carbons (Fsp3) is 0.538. The third-order valence-electron chi connectivity index (χ3n) is 2.76. The third-order valence-corrected chi connectivity index (χ3v) is 2.76. The molecule has 0 bridgehead atoms. The minimum atomic E-state index is -0.555. The van der Waals surface area contributed by atoms with E-state index >= 15 is 0 Å². The van der Waals surface area contributed by atoms with Gasteiger partial charge in [-0.15, -0.1) is 0 Å². The van der Waals surface area contributed by atoms with Gasteiger partial charge in [0.1, 0.15) is 11.6 Å². The molecular weight excluding hydrogens is 222 g/mol. The highest BCUT2D eigenvalue weighted by Crippen LogP contribution is 2.24. The average molecular weight is 242 g/mol. The van der Waals surface area contributed by atoms with Crippen molar-refractivity contribution >= 4 is 0 Å². The van der Waals surface area contributed by atoms with Crippen LogP contribution in [0.4, 0.5) is 8.78 Å². The van der Waals surface area contributed by atoms with Crippen molar-refractivity contribution < 1.29 is 8.78 Å². The molecule has 96 valence electrons. The second kappa shape index (κ2) is 5.56. The molecule has 1 aromatic rings. The van der Waals surface area contributed by atoms with Gasteiger partial charge in [-0.1, -0.05) is 6.07 Å². The Bertz CT molecular complexity index is 372. The highest BCUT2D eigenvalue weighted by atomic mass is 19.1. The molecule has 3 N–H and O–H groups in total. The predicted octanol–water partition coefficient (Wildman–Crippen LogP) is 2.74. The minimum absolute atomic E-state index is 0.140. The Morgan fingerprint density at radius 3 is 2.47 bits per heavy atom. The van der Waals surface area contributed by atoms with Crippen LogP contribution in [0.25, 0.3) is 0 Å². The molecule has 1 unspecified atom stereocenters. The minimum Gasteiger partial charge on any atom is -0.326 e. The lowest BCUT2D eigenvalue weighted by atomic mass is 9.93. The van der Waals surface area contributed by atoms with Crippen molar-refractivity contribution in [3.8, 4) is 0 Å². The number of nitrogens with two attached hydrogens (primary N) is 1. The maximum Gasteiger partial charge on any atom is 0.130 e. The molecule has 1 atom stereocenters. The lowest BCUT2D eigenvalue weighted by Gasteiger charge is -2.23. The second-order valence-electron chi connectivity index (χ2n) is 5.03. The molecule has 0 fully saturated rings. The summed E-state index contributed by atoms with van der Waals surface area (Å²) in [5.74, 6) is -1.07. The SMILES string of the molecule is CNC(CCC(C)(C)N)c1ccc(F)cc1F. The molecular formula is C13H20F2N2. The first-order valence-corrected chi connectivity index (χ1v) is 5.74. The lowest BCUT2D eigenvalue weighted by molar-refractivity contribution is 0.403. The zero-order valence-corrected chi connectivity index (χ0v) is 10.6. The van der Waals surface area contributed by atoms with Crippen LogP contribution in [-0.2, 0) is 0 Å². The molecule has 0 aromatic heterocycles. The van der Waals surface area contributed by atoms with Gasteiger partial charge < -0.3 is 11.1 Å². The first-order valence-electron chi connectivity index (χ1n) is 5.74. The molecule has 0 spiro atoms. The van der Waals surface area contributed by atoms with Crippen molar-refractivity contribution in [1.82, 2.24) is 5.32 Å². The molecule has 1 aromatic carbocycles. The van der Waals surface area contributed by atoms with E-state index in [0.717, 1.165) is 12.5 Å². The molecule has 2 nitrogen and oxygen atoms in total. The first-order chi connectivity index (χ1) is 7.83. The van der Waals surface area contributed by atoms with Crippen LogP contribution in [0.1, 0.15) is 38.3 Å². The van der Waals surface area contributed by atoms with E-state index in [0.29, 0.717) is 12.0 Å². The molecule has 0 aliphatic heterocycles. The summed E-state index contributed by atoms with van der Waals surface area (Å²) in [6, 6.07) is 3.53.